The maximum Gasteiger partial charge on any atom is 0.326 e. The zero-order chi connectivity index (χ0) is 46.1. The van der Waals surface area contributed by atoms with Crippen molar-refractivity contribution in [2.24, 2.45) is 0 Å². The third kappa shape index (κ3) is 10.8. The number of carbonyl (C=O) groups excluding carboxylic acids is 4. The van der Waals surface area contributed by atoms with Crippen LogP contribution in [0.25, 0.3) is 17.1 Å². The molecule has 0 unspecified atom stereocenters. The molecule has 0 radical (unpaired) electrons. The van der Waals surface area contributed by atoms with Crippen LogP contribution in [-0.2, 0) is 46.5 Å². The summed E-state index contributed by atoms with van der Waals surface area (Å²) in [6.07, 6.45) is 2.56. The molecule has 4 aromatic rings. The summed E-state index contributed by atoms with van der Waals surface area (Å²) in [6.45, 7) is 22.5. The summed E-state index contributed by atoms with van der Waals surface area (Å²) in [5.41, 5.74) is 1.15. The number of carbonyl (C=O) groups is 4. The molecule has 4 aromatic heterocycles. The van der Waals surface area contributed by atoms with Crippen LogP contribution in [0.2, 0.25) is 0 Å². The fraction of sp³-hybridized carbons (Fsp3) is 0.610. The second-order valence-electron chi connectivity index (χ2n) is 17.6. The van der Waals surface area contributed by atoms with Crippen LogP contribution in [0.1, 0.15) is 79.0 Å². The molecule has 22 heteroatoms. The molecule has 342 valence electrons. The Morgan fingerprint density at radius 1 is 0.683 bits per heavy atom. The molecule has 0 saturated carbocycles. The van der Waals surface area contributed by atoms with Crippen LogP contribution in [0, 0.1) is 13.8 Å². The highest BCUT2D eigenvalue weighted by atomic mass is 79.9. The van der Waals surface area contributed by atoms with Gasteiger partial charge in [0, 0.05) is 77.6 Å². The Labute approximate surface area is 372 Å². The highest BCUT2D eigenvalue weighted by Gasteiger charge is 2.30. The summed E-state index contributed by atoms with van der Waals surface area (Å²) < 4.78 is 22.4. The normalized spacial score (nSPS) is 16.2. The molecule has 63 heavy (non-hydrogen) atoms. The Hall–Kier alpha value is -5.64. The van der Waals surface area contributed by atoms with Crippen LogP contribution in [-0.4, -0.2) is 149 Å². The average Bonchev–Trinajstić information content (AvgIpc) is 3.83. The van der Waals surface area contributed by atoms with E-state index >= 15 is 0 Å². The minimum absolute atomic E-state index is 0.0133. The monoisotopic (exact) mass is 940 g/mol. The van der Waals surface area contributed by atoms with Gasteiger partial charge in [-0.2, -0.15) is 19.0 Å². The standard InChI is InChI=1S/C23H32N6O5.C18H25BrN6O4/c1-15-19(27-10-8-26(9-11-27)16(2)30)21(32)29-22(28(15)14-18(31)34-23(3,4)5)24-20(25-29)17-6-12-33-13-7-17;1-11-14(23-8-6-22(7-9-23)12(2)26)15(28)25-17(20-16(19)21-25)24(11)10-13(27)29-18(3,4)5/h6H,7-14H2,1-5H3;6-10H2,1-5H3. The van der Waals surface area contributed by atoms with E-state index in [1.54, 1.807) is 60.5 Å². The molecular formula is C41H57BrN12O9. The zero-order valence-electron chi connectivity index (χ0n) is 37.7. The van der Waals surface area contributed by atoms with E-state index in [2.05, 4.69) is 36.1 Å². The number of amides is 2. The molecule has 7 rings (SSSR count). The number of nitrogens with zero attached hydrogens (tertiary/aromatic N) is 12. The summed E-state index contributed by atoms with van der Waals surface area (Å²) in [6, 6.07) is 0. The van der Waals surface area contributed by atoms with Crippen molar-refractivity contribution in [2.45, 2.75) is 99.9 Å². The predicted octanol–water partition coefficient (Wildman–Crippen LogP) is 1.99. The minimum atomic E-state index is -0.641. The van der Waals surface area contributed by atoms with E-state index in [9.17, 15) is 28.8 Å². The third-order valence-corrected chi connectivity index (χ3v) is 11.0. The number of aromatic nitrogens is 8. The summed E-state index contributed by atoms with van der Waals surface area (Å²) in [7, 11) is 0. The summed E-state index contributed by atoms with van der Waals surface area (Å²) in [5.74, 6) is 0.176. The number of ether oxygens (including phenoxy) is 3. The molecule has 2 saturated heterocycles. The molecule has 2 amide bonds. The van der Waals surface area contributed by atoms with Crippen molar-refractivity contribution in [3.05, 3.63) is 48.7 Å². The number of hydrogen-bond donors (Lipinski definition) is 0. The molecular weight excluding hydrogens is 884 g/mol. The lowest BCUT2D eigenvalue weighted by molar-refractivity contribution is -0.156. The van der Waals surface area contributed by atoms with Gasteiger partial charge in [-0.05, 0) is 83.3 Å². The van der Waals surface area contributed by atoms with Crippen LogP contribution in [0.4, 0.5) is 11.4 Å². The van der Waals surface area contributed by atoms with Crippen LogP contribution in [0.3, 0.4) is 0 Å². The second-order valence-corrected chi connectivity index (χ2v) is 18.3. The molecule has 0 N–H and O–H groups in total. The molecule has 21 nitrogen and oxygen atoms in total. The molecule has 7 heterocycles. The lowest BCUT2D eigenvalue weighted by atomic mass is 10.1. The zero-order valence-corrected chi connectivity index (χ0v) is 39.3. The summed E-state index contributed by atoms with van der Waals surface area (Å²) in [4.78, 5) is 91.6. The number of anilines is 2. The minimum Gasteiger partial charge on any atom is -0.459 e. The Bertz CT molecular complexity index is 2560. The van der Waals surface area contributed by atoms with Gasteiger partial charge in [0.25, 0.3) is 11.1 Å². The van der Waals surface area contributed by atoms with Crippen molar-refractivity contribution in [3.8, 4) is 0 Å². The third-order valence-electron chi connectivity index (χ3n) is 10.7. The number of fused-ring (bicyclic) bond motifs is 2. The molecule has 2 fully saturated rings. The Balaban J connectivity index is 0.000000213. The number of piperazine rings is 2. The number of halogens is 1. The van der Waals surface area contributed by atoms with Crippen molar-refractivity contribution in [2.75, 3.05) is 75.4 Å². The maximum absolute atomic E-state index is 13.6. The molecule has 0 spiro atoms. The van der Waals surface area contributed by atoms with Gasteiger partial charge >= 0.3 is 11.9 Å². The predicted molar refractivity (Wildman–Crippen MR) is 236 cm³/mol. The maximum atomic E-state index is 13.6. The first kappa shape index (κ1) is 46.9. The Kier molecular flexibility index (Phi) is 13.8. The highest BCUT2D eigenvalue weighted by molar-refractivity contribution is 9.10. The van der Waals surface area contributed by atoms with Crippen LogP contribution < -0.4 is 20.9 Å². The molecule has 0 aromatic carbocycles. The van der Waals surface area contributed by atoms with Crippen molar-refractivity contribution >= 4 is 68.2 Å². The van der Waals surface area contributed by atoms with E-state index in [1.807, 2.05) is 36.6 Å². The highest BCUT2D eigenvalue weighted by Crippen LogP contribution is 2.24. The molecule has 0 bridgehead atoms. The van der Waals surface area contributed by atoms with Crippen LogP contribution >= 0.6 is 15.9 Å². The first-order valence-electron chi connectivity index (χ1n) is 20.9. The second kappa shape index (κ2) is 18.6. The molecule has 0 aliphatic carbocycles. The topological polar surface area (TPSA) is 213 Å². The lowest BCUT2D eigenvalue weighted by Crippen LogP contribution is -2.50. The van der Waals surface area contributed by atoms with Gasteiger partial charge in [0.15, 0.2) is 5.82 Å². The van der Waals surface area contributed by atoms with Crippen molar-refractivity contribution in [3.63, 3.8) is 0 Å². The Morgan fingerprint density at radius 2 is 1.11 bits per heavy atom. The fourth-order valence-corrected chi connectivity index (χ4v) is 8.06. The summed E-state index contributed by atoms with van der Waals surface area (Å²) >= 11 is 3.21. The quantitative estimate of drug-likeness (QED) is 0.243. The van der Waals surface area contributed by atoms with Crippen molar-refractivity contribution < 1.29 is 33.4 Å². The molecule has 3 aliphatic heterocycles. The van der Waals surface area contributed by atoms with Crippen molar-refractivity contribution in [1.82, 2.24) is 48.1 Å². The van der Waals surface area contributed by atoms with Gasteiger partial charge in [0.2, 0.25) is 28.1 Å². The number of hydrogen-bond acceptors (Lipinski definition) is 15. The van der Waals surface area contributed by atoms with E-state index in [-0.39, 0.29) is 46.5 Å². The van der Waals surface area contributed by atoms with Gasteiger partial charge in [-0.15, -0.1) is 10.2 Å². The van der Waals surface area contributed by atoms with E-state index in [1.165, 1.54) is 16.0 Å². The fourth-order valence-electron chi connectivity index (χ4n) is 7.74. The average molecular weight is 942 g/mol. The van der Waals surface area contributed by atoms with Gasteiger partial charge in [0.1, 0.15) is 35.7 Å². The van der Waals surface area contributed by atoms with E-state index in [0.29, 0.717) is 106 Å². The first-order valence-corrected chi connectivity index (χ1v) is 21.7. The van der Waals surface area contributed by atoms with Gasteiger partial charge in [0.05, 0.1) is 13.2 Å². The Morgan fingerprint density at radius 3 is 1.51 bits per heavy atom. The van der Waals surface area contributed by atoms with E-state index in [4.69, 9.17) is 14.2 Å². The molecule has 0 atom stereocenters. The van der Waals surface area contributed by atoms with Gasteiger partial charge in [-0.1, -0.05) is 6.08 Å². The van der Waals surface area contributed by atoms with Crippen molar-refractivity contribution in [1.29, 1.82) is 0 Å². The van der Waals surface area contributed by atoms with E-state index < -0.39 is 23.1 Å². The molecule has 3 aliphatic rings. The smallest absolute Gasteiger partial charge is 0.326 e. The van der Waals surface area contributed by atoms with Gasteiger partial charge in [-0.3, -0.25) is 28.8 Å². The summed E-state index contributed by atoms with van der Waals surface area (Å²) in [5, 5.41) is 8.66. The van der Waals surface area contributed by atoms with Crippen LogP contribution in [0.15, 0.2) is 20.4 Å². The largest absolute Gasteiger partial charge is 0.459 e. The van der Waals surface area contributed by atoms with Gasteiger partial charge in [-0.25, -0.2) is 0 Å². The first-order chi connectivity index (χ1) is 29.5. The van der Waals surface area contributed by atoms with Gasteiger partial charge < -0.3 is 42.9 Å². The van der Waals surface area contributed by atoms with E-state index in [0.717, 1.165) is 5.57 Å². The SMILES string of the molecule is CC(=O)N1CCN(c2c(C)n(CC(=O)OC(C)(C)C)c3nc(Br)nn3c2=O)CC1.CC(=O)N1CCN(c2c(C)n(CC(=O)OC(C)(C)C)c3nc(C4=CCOCC4)nn3c2=O)CC1. The number of esters is 2. The lowest BCUT2D eigenvalue weighted by Gasteiger charge is -2.36. The van der Waals surface area contributed by atoms with Crippen LogP contribution in [0.5, 0.6) is 0 Å². The number of rotatable bonds is 7.